The third kappa shape index (κ3) is 5.92. The number of esters is 1. The second kappa shape index (κ2) is 6.91. The molecule has 0 aliphatic rings. The molecule has 0 amide bonds. The summed E-state index contributed by atoms with van der Waals surface area (Å²) in [4.78, 5) is 13.6. The largest absolute Gasteiger partial charge is 0.465 e. The zero-order valence-electron chi connectivity index (χ0n) is 10.5. The zero-order valence-corrected chi connectivity index (χ0v) is 10.5. The normalized spacial score (nSPS) is 10.5. The molecule has 17 heavy (non-hydrogen) atoms. The number of nitrogen functional groups attached to an aromatic ring is 1. The molecule has 0 aliphatic carbocycles. The second-order valence-corrected chi connectivity index (χ2v) is 4.30. The lowest BCUT2D eigenvalue weighted by Crippen LogP contribution is -2.16. The Kier molecular flexibility index (Phi) is 5.49. The summed E-state index contributed by atoms with van der Waals surface area (Å²) in [6.45, 7) is 1.39. The van der Waals surface area contributed by atoms with Crippen molar-refractivity contribution < 1.29 is 9.53 Å². The number of nitrogens with two attached hydrogens (primary N) is 1. The number of anilines is 1. The summed E-state index contributed by atoms with van der Waals surface area (Å²) >= 11 is 0. The minimum absolute atomic E-state index is 0.200. The van der Waals surface area contributed by atoms with Crippen LogP contribution in [0.25, 0.3) is 0 Å². The van der Waals surface area contributed by atoms with Gasteiger partial charge in [-0.25, -0.2) is 0 Å². The van der Waals surface area contributed by atoms with Crippen molar-refractivity contribution in [1.29, 1.82) is 0 Å². The summed E-state index contributed by atoms with van der Waals surface area (Å²) < 4.78 is 5.13. The molecule has 0 unspecified atom stereocenters. The number of hydrogen-bond donors (Lipinski definition) is 1. The molecular formula is C13H20N2O2. The fourth-order valence-corrected chi connectivity index (χ4v) is 1.49. The van der Waals surface area contributed by atoms with Crippen LogP contribution < -0.4 is 5.73 Å². The molecule has 0 aromatic heterocycles. The van der Waals surface area contributed by atoms with Crippen LogP contribution >= 0.6 is 0 Å². The molecule has 0 saturated carbocycles. The van der Waals surface area contributed by atoms with Gasteiger partial charge in [0.2, 0.25) is 0 Å². The quantitative estimate of drug-likeness (QED) is 0.459. The summed E-state index contributed by atoms with van der Waals surface area (Å²) in [5.74, 6) is -0.200. The standard InChI is InChI=1S/C13H20N2O2/c1-15(2)7-4-8-17-13(16)10-11-5-3-6-12(14)9-11/h3,5-6,9H,4,7-8,10,14H2,1-2H3. The van der Waals surface area contributed by atoms with Crippen molar-refractivity contribution >= 4 is 11.7 Å². The summed E-state index contributed by atoms with van der Waals surface area (Å²) in [6.07, 6.45) is 1.14. The molecule has 1 aromatic carbocycles. The van der Waals surface area contributed by atoms with E-state index in [9.17, 15) is 4.79 Å². The van der Waals surface area contributed by atoms with E-state index in [0.29, 0.717) is 12.3 Å². The van der Waals surface area contributed by atoms with Crippen molar-refractivity contribution in [1.82, 2.24) is 4.90 Å². The van der Waals surface area contributed by atoms with Gasteiger partial charge in [0.1, 0.15) is 0 Å². The minimum atomic E-state index is -0.200. The first-order chi connectivity index (χ1) is 8.08. The Morgan fingerprint density at radius 2 is 2.18 bits per heavy atom. The van der Waals surface area contributed by atoms with Gasteiger partial charge in [-0.2, -0.15) is 0 Å². The lowest BCUT2D eigenvalue weighted by atomic mass is 10.1. The number of carbonyl (C=O) groups is 1. The highest BCUT2D eigenvalue weighted by molar-refractivity contribution is 5.72. The Balaban J connectivity index is 2.25. The van der Waals surface area contributed by atoms with Crippen LogP contribution in [0.5, 0.6) is 0 Å². The third-order valence-corrected chi connectivity index (χ3v) is 2.31. The van der Waals surface area contributed by atoms with Crippen LogP contribution in [-0.2, 0) is 16.0 Å². The van der Waals surface area contributed by atoms with E-state index in [1.807, 2.05) is 26.2 Å². The van der Waals surface area contributed by atoms with Gasteiger partial charge in [-0.05, 0) is 38.2 Å². The molecule has 0 saturated heterocycles. The maximum absolute atomic E-state index is 11.5. The van der Waals surface area contributed by atoms with Crippen molar-refractivity contribution in [3.05, 3.63) is 29.8 Å². The van der Waals surface area contributed by atoms with Crippen LogP contribution in [0.15, 0.2) is 24.3 Å². The van der Waals surface area contributed by atoms with Gasteiger partial charge in [0.15, 0.2) is 0 Å². The van der Waals surface area contributed by atoms with E-state index >= 15 is 0 Å². The fraction of sp³-hybridized carbons (Fsp3) is 0.462. The first-order valence-corrected chi connectivity index (χ1v) is 5.72. The van der Waals surface area contributed by atoms with Gasteiger partial charge < -0.3 is 15.4 Å². The van der Waals surface area contributed by atoms with Crippen LogP contribution in [0.1, 0.15) is 12.0 Å². The minimum Gasteiger partial charge on any atom is -0.465 e. The van der Waals surface area contributed by atoms with E-state index in [-0.39, 0.29) is 12.4 Å². The zero-order chi connectivity index (χ0) is 12.7. The number of ether oxygens (including phenoxy) is 1. The highest BCUT2D eigenvalue weighted by atomic mass is 16.5. The number of benzene rings is 1. The Hall–Kier alpha value is -1.55. The van der Waals surface area contributed by atoms with E-state index in [1.54, 1.807) is 12.1 Å². The molecule has 4 heteroatoms. The molecule has 0 fully saturated rings. The van der Waals surface area contributed by atoms with E-state index in [2.05, 4.69) is 4.90 Å². The van der Waals surface area contributed by atoms with Gasteiger partial charge >= 0.3 is 5.97 Å². The predicted molar refractivity (Wildman–Crippen MR) is 68.7 cm³/mol. The number of hydrogen-bond acceptors (Lipinski definition) is 4. The summed E-state index contributed by atoms with van der Waals surface area (Å²) in [5.41, 5.74) is 7.19. The van der Waals surface area contributed by atoms with E-state index < -0.39 is 0 Å². The van der Waals surface area contributed by atoms with Gasteiger partial charge in [0.25, 0.3) is 0 Å². The molecule has 94 valence electrons. The van der Waals surface area contributed by atoms with Crippen LogP contribution in [-0.4, -0.2) is 38.1 Å². The monoisotopic (exact) mass is 236 g/mol. The van der Waals surface area contributed by atoms with Crippen molar-refractivity contribution in [2.45, 2.75) is 12.8 Å². The molecule has 0 bridgehead atoms. The Bertz CT molecular complexity index is 364. The molecule has 1 aromatic rings. The molecule has 2 N–H and O–H groups in total. The Morgan fingerprint density at radius 3 is 2.82 bits per heavy atom. The van der Waals surface area contributed by atoms with Gasteiger partial charge in [-0.15, -0.1) is 0 Å². The lowest BCUT2D eigenvalue weighted by Gasteiger charge is -2.09. The molecule has 0 aliphatic heterocycles. The highest BCUT2D eigenvalue weighted by Gasteiger charge is 2.04. The molecule has 0 heterocycles. The van der Waals surface area contributed by atoms with E-state index in [4.69, 9.17) is 10.5 Å². The molecule has 0 atom stereocenters. The summed E-state index contributed by atoms with van der Waals surface area (Å²) in [7, 11) is 3.99. The highest BCUT2D eigenvalue weighted by Crippen LogP contribution is 2.07. The fourth-order valence-electron chi connectivity index (χ4n) is 1.49. The maximum atomic E-state index is 11.5. The molecule has 4 nitrogen and oxygen atoms in total. The van der Waals surface area contributed by atoms with Crippen molar-refractivity contribution in [2.24, 2.45) is 0 Å². The van der Waals surface area contributed by atoms with Crippen LogP contribution in [0.3, 0.4) is 0 Å². The molecular weight excluding hydrogens is 216 g/mol. The van der Waals surface area contributed by atoms with Crippen molar-refractivity contribution in [3.8, 4) is 0 Å². The van der Waals surface area contributed by atoms with Crippen LogP contribution in [0.2, 0.25) is 0 Å². The number of rotatable bonds is 6. The Morgan fingerprint density at radius 1 is 1.41 bits per heavy atom. The number of nitrogens with zero attached hydrogens (tertiary/aromatic N) is 1. The second-order valence-electron chi connectivity index (χ2n) is 4.30. The third-order valence-electron chi connectivity index (χ3n) is 2.31. The van der Waals surface area contributed by atoms with E-state index in [0.717, 1.165) is 18.5 Å². The molecule has 1 rings (SSSR count). The average molecular weight is 236 g/mol. The topological polar surface area (TPSA) is 55.6 Å². The average Bonchev–Trinajstić information content (AvgIpc) is 2.24. The van der Waals surface area contributed by atoms with Gasteiger partial charge in [0.05, 0.1) is 13.0 Å². The van der Waals surface area contributed by atoms with Crippen LogP contribution in [0.4, 0.5) is 5.69 Å². The first kappa shape index (κ1) is 13.5. The first-order valence-electron chi connectivity index (χ1n) is 5.72. The van der Waals surface area contributed by atoms with Gasteiger partial charge in [-0.1, -0.05) is 12.1 Å². The van der Waals surface area contributed by atoms with Gasteiger partial charge in [0, 0.05) is 12.2 Å². The number of carbonyl (C=O) groups excluding carboxylic acids is 1. The smallest absolute Gasteiger partial charge is 0.310 e. The maximum Gasteiger partial charge on any atom is 0.310 e. The summed E-state index contributed by atoms with van der Waals surface area (Å²) in [5, 5.41) is 0. The van der Waals surface area contributed by atoms with Gasteiger partial charge in [-0.3, -0.25) is 4.79 Å². The van der Waals surface area contributed by atoms with Crippen LogP contribution in [0, 0.1) is 0 Å². The SMILES string of the molecule is CN(C)CCCOC(=O)Cc1cccc(N)c1. The summed E-state index contributed by atoms with van der Waals surface area (Å²) in [6, 6.07) is 7.30. The van der Waals surface area contributed by atoms with E-state index in [1.165, 1.54) is 0 Å². The lowest BCUT2D eigenvalue weighted by molar-refractivity contribution is -0.142. The molecule has 0 spiro atoms. The van der Waals surface area contributed by atoms with Crippen molar-refractivity contribution in [2.75, 3.05) is 33.0 Å². The predicted octanol–water partition coefficient (Wildman–Crippen LogP) is 1.31. The van der Waals surface area contributed by atoms with Crippen molar-refractivity contribution in [3.63, 3.8) is 0 Å². The molecule has 0 radical (unpaired) electrons. The Labute approximate surface area is 102 Å².